The van der Waals surface area contributed by atoms with E-state index in [1.807, 2.05) is 23.5 Å². The summed E-state index contributed by atoms with van der Waals surface area (Å²) in [5.41, 5.74) is 0.988. The van der Waals surface area contributed by atoms with Gasteiger partial charge in [-0.15, -0.1) is 11.3 Å². The smallest absolute Gasteiger partial charge is 0.237 e. The molecule has 2 saturated heterocycles. The number of aromatic nitrogens is 1. The molecule has 0 saturated carbocycles. The first-order chi connectivity index (χ1) is 14.2. The summed E-state index contributed by atoms with van der Waals surface area (Å²) in [5, 5.41) is 10.5. The first kappa shape index (κ1) is 20.5. The van der Waals surface area contributed by atoms with Crippen LogP contribution in [0.2, 0.25) is 0 Å². The molecule has 156 valence electrons. The summed E-state index contributed by atoms with van der Waals surface area (Å²) in [6.07, 6.45) is 6.94. The fraction of sp³-hybridized carbons (Fsp3) is 0.545. The van der Waals surface area contributed by atoms with Gasteiger partial charge in [-0.3, -0.25) is 19.6 Å². The Hall–Kier alpha value is -1.80. The molecule has 7 heteroatoms. The number of likely N-dealkylation sites (tertiary alicyclic amines) is 1. The van der Waals surface area contributed by atoms with Crippen LogP contribution in [0.3, 0.4) is 0 Å². The second-order valence-corrected chi connectivity index (χ2v) is 9.42. The first-order valence-electron chi connectivity index (χ1n) is 10.5. The van der Waals surface area contributed by atoms with E-state index < -0.39 is 6.10 Å². The third kappa shape index (κ3) is 5.85. The monoisotopic (exact) mass is 414 g/mol. The van der Waals surface area contributed by atoms with Gasteiger partial charge in [-0.05, 0) is 49.7 Å². The summed E-state index contributed by atoms with van der Waals surface area (Å²) in [6, 6.07) is 8.24. The number of hydrogen-bond acceptors (Lipinski definition) is 6. The molecule has 1 N–H and O–H groups in total. The van der Waals surface area contributed by atoms with Crippen molar-refractivity contribution in [1.29, 1.82) is 0 Å². The quantitative estimate of drug-likeness (QED) is 0.786. The standard InChI is InChI=1S/C22H30N4O2S/c27-19-13-25(17-22(28)26(14-19)12-18-5-4-8-23-11-18)16-21-7-6-20(29-21)15-24-9-2-1-3-10-24/h4-8,11,19,27H,1-3,9-10,12-17H2/t19-/m0/s1. The highest BCUT2D eigenvalue weighted by Gasteiger charge is 2.27. The molecule has 1 amide bonds. The predicted molar refractivity (Wildman–Crippen MR) is 114 cm³/mol. The molecule has 4 heterocycles. The van der Waals surface area contributed by atoms with Crippen LogP contribution in [0.15, 0.2) is 36.7 Å². The van der Waals surface area contributed by atoms with Crippen LogP contribution in [0.4, 0.5) is 0 Å². The van der Waals surface area contributed by atoms with Gasteiger partial charge in [0, 0.05) is 54.9 Å². The summed E-state index contributed by atoms with van der Waals surface area (Å²) in [7, 11) is 0. The molecule has 0 spiro atoms. The maximum atomic E-state index is 12.8. The topological polar surface area (TPSA) is 59.9 Å². The number of thiophene rings is 1. The predicted octanol–water partition coefficient (Wildman–Crippen LogP) is 2.33. The number of piperidine rings is 1. The Kier molecular flexibility index (Phi) is 6.92. The summed E-state index contributed by atoms with van der Waals surface area (Å²) < 4.78 is 0. The molecule has 2 aromatic heterocycles. The molecule has 0 unspecified atom stereocenters. The Morgan fingerprint density at radius 1 is 1.00 bits per heavy atom. The van der Waals surface area contributed by atoms with Gasteiger partial charge >= 0.3 is 0 Å². The largest absolute Gasteiger partial charge is 0.390 e. The lowest BCUT2D eigenvalue weighted by Crippen LogP contribution is -2.36. The number of aliphatic hydroxyl groups excluding tert-OH is 1. The van der Waals surface area contributed by atoms with Gasteiger partial charge in [-0.2, -0.15) is 0 Å². The first-order valence-corrected chi connectivity index (χ1v) is 11.3. The van der Waals surface area contributed by atoms with Gasteiger partial charge in [-0.25, -0.2) is 0 Å². The van der Waals surface area contributed by atoms with Gasteiger partial charge in [0.05, 0.1) is 12.6 Å². The van der Waals surface area contributed by atoms with E-state index in [2.05, 4.69) is 26.9 Å². The zero-order valence-electron chi connectivity index (χ0n) is 16.9. The highest BCUT2D eigenvalue weighted by Crippen LogP contribution is 2.22. The van der Waals surface area contributed by atoms with Crippen molar-refractivity contribution < 1.29 is 9.90 Å². The Morgan fingerprint density at radius 2 is 1.76 bits per heavy atom. The average Bonchev–Trinajstić information content (AvgIpc) is 3.10. The molecular weight excluding hydrogens is 384 g/mol. The minimum Gasteiger partial charge on any atom is -0.390 e. The van der Waals surface area contributed by atoms with Crippen molar-refractivity contribution in [2.75, 3.05) is 32.7 Å². The lowest BCUT2D eigenvalue weighted by Gasteiger charge is -2.25. The molecule has 4 rings (SSSR count). The van der Waals surface area contributed by atoms with Gasteiger partial charge in [-0.1, -0.05) is 12.5 Å². The zero-order valence-corrected chi connectivity index (χ0v) is 17.7. The van der Waals surface area contributed by atoms with Crippen molar-refractivity contribution in [1.82, 2.24) is 19.7 Å². The molecule has 0 aromatic carbocycles. The molecule has 0 bridgehead atoms. The number of aliphatic hydroxyl groups is 1. The molecule has 2 aromatic rings. The molecule has 29 heavy (non-hydrogen) atoms. The van der Waals surface area contributed by atoms with Gasteiger partial charge in [0.2, 0.25) is 5.91 Å². The van der Waals surface area contributed by atoms with Crippen LogP contribution in [-0.4, -0.2) is 69.5 Å². The van der Waals surface area contributed by atoms with Crippen molar-refractivity contribution in [2.24, 2.45) is 0 Å². The Bertz CT molecular complexity index is 791. The molecule has 6 nitrogen and oxygen atoms in total. The van der Waals surface area contributed by atoms with E-state index in [1.165, 1.54) is 42.1 Å². The van der Waals surface area contributed by atoms with E-state index >= 15 is 0 Å². The number of pyridine rings is 1. The van der Waals surface area contributed by atoms with Crippen LogP contribution in [0, 0.1) is 0 Å². The van der Waals surface area contributed by atoms with E-state index in [9.17, 15) is 9.90 Å². The fourth-order valence-corrected chi connectivity index (χ4v) is 5.31. The number of carbonyl (C=O) groups excluding carboxylic acids is 1. The molecule has 2 aliphatic rings. The number of hydrogen-bond donors (Lipinski definition) is 1. The molecule has 2 fully saturated rings. The summed E-state index contributed by atoms with van der Waals surface area (Å²) >= 11 is 1.83. The summed E-state index contributed by atoms with van der Waals surface area (Å²) in [5.74, 6) is 0.0653. The van der Waals surface area contributed by atoms with Gasteiger partial charge < -0.3 is 10.0 Å². The normalized spacial score (nSPS) is 22.0. The Morgan fingerprint density at radius 3 is 2.48 bits per heavy atom. The van der Waals surface area contributed by atoms with E-state index in [1.54, 1.807) is 17.3 Å². The Labute approximate surface area is 176 Å². The molecule has 0 aliphatic carbocycles. The van der Waals surface area contributed by atoms with E-state index in [4.69, 9.17) is 0 Å². The van der Waals surface area contributed by atoms with Crippen LogP contribution < -0.4 is 0 Å². The van der Waals surface area contributed by atoms with Crippen molar-refractivity contribution in [3.05, 3.63) is 52.0 Å². The van der Waals surface area contributed by atoms with Crippen molar-refractivity contribution in [2.45, 2.75) is 45.0 Å². The van der Waals surface area contributed by atoms with Crippen molar-refractivity contribution >= 4 is 17.2 Å². The van der Waals surface area contributed by atoms with Crippen LogP contribution in [-0.2, 0) is 24.4 Å². The zero-order chi connectivity index (χ0) is 20.1. The lowest BCUT2D eigenvalue weighted by atomic mass is 10.1. The highest BCUT2D eigenvalue weighted by atomic mass is 32.1. The fourth-order valence-electron chi connectivity index (χ4n) is 4.20. The van der Waals surface area contributed by atoms with E-state index in [0.717, 1.165) is 12.1 Å². The van der Waals surface area contributed by atoms with E-state index in [-0.39, 0.29) is 5.91 Å². The van der Waals surface area contributed by atoms with Crippen LogP contribution in [0.1, 0.15) is 34.6 Å². The molecular formula is C22H30N4O2S. The van der Waals surface area contributed by atoms with Crippen molar-refractivity contribution in [3.63, 3.8) is 0 Å². The van der Waals surface area contributed by atoms with Crippen molar-refractivity contribution in [3.8, 4) is 0 Å². The average molecular weight is 415 g/mol. The third-order valence-electron chi connectivity index (χ3n) is 5.63. The lowest BCUT2D eigenvalue weighted by molar-refractivity contribution is -0.132. The van der Waals surface area contributed by atoms with Crippen LogP contribution in [0.5, 0.6) is 0 Å². The maximum Gasteiger partial charge on any atom is 0.237 e. The van der Waals surface area contributed by atoms with Gasteiger partial charge in [0.15, 0.2) is 0 Å². The van der Waals surface area contributed by atoms with Crippen LogP contribution >= 0.6 is 11.3 Å². The summed E-state index contributed by atoms with van der Waals surface area (Å²) in [6.45, 7) is 5.88. The number of nitrogens with zero attached hydrogens (tertiary/aromatic N) is 4. The number of β-amino-alcohol motifs (C(OH)–C–C–N with tert-alkyl or cyclic N) is 1. The molecule has 2 aliphatic heterocycles. The number of carbonyl (C=O) groups is 1. The minimum atomic E-state index is -0.536. The van der Waals surface area contributed by atoms with Gasteiger partial charge in [0.25, 0.3) is 0 Å². The number of rotatable bonds is 6. The molecule has 1 atom stereocenters. The van der Waals surface area contributed by atoms with Crippen LogP contribution in [0.25, 0.3) is 0 Å². The Balaban J connectivity index is 1.34. The number of amides is 1. The maximum absolute atomic E-state index is 12.8. The van der Waals surface area contributed by atoms with E-state index in [0.29, 0.717) is 32.7 Å². The molecule has 0 radical (unpaired) electrons. The third-order valence-corrected chi connectivity index (χ3v) is 6.69. The minimum absolute atomic E-state index is 0.0653. The van der Waals surface area contributed by atoms with Gasteiger partial charge in [0.1, 0.15) is 0 Å². The SMILES string of the molecule is O=C1CN(Cc2ccc(CN3CCCCC3)s2)C[C@H](O)CN1Cc1cccnc1. The highest BCUT2D eigenvalue weighted by molar-refractivity contribution is 7.11. The second kappa shape index (κ2) is 9.80. The summed E-state index contributed by atoms with van der Waals surface area (Å²) in [4.78, 5) is 25.9. The second-order valence-electron chi connectivity index (χ2n) is 8.16.